The Kier molecular flexibility index (Phi) is 0.218. The van der Waals surface area contributed by atoms with Crippen LogP contribution in [0.5, 0.6) is 0 Å². The smallest absolute Gasteiger partial charge is 0.0755 e. The third kappa shape index (κ3) is 0.139. The number of rotatable bonds is 0. The second-order valence-electron chi connectivity index (χ2n) is 2.17. The maximum absolute atomic E-state index is 4.06. The molecule has 1 fully saturated rings. The predicted molar refractivity (Wildman–Crippen MR) is 23.8 cm³/mol. The van der Waals surface area contributed by atoms with Gasteiger partial charge in [0.15, 0.2) is 6.42 Å². The second-order valence-corrected chi connectivity index (χ2v) is 2.17. The lowest BCUT2D eigenvalue weighted by molar-refractivity contribution is 0.771. The molecule has 1 spiro atoms. The minimum atomic E-state index is 0.486. The average molecular weight is 80.1 g/mol. The molecular formula is C5H6N+. The first-order valence-electron chi connectivity index (χ1n) is 2.36. The molecule has 1 aliphatic heterocycles. The molecule has 0 aromatic carbocycles. The van der Waals surface area contributed by atoms with Crippen LogP contribution in [-0.2, 0) is 0 Å². The summed E-state index contributed by atoms with van der Waals surface area (Å²) >= 11 is 0. The van der Waals surface area contributed by atoms with Crippen LogP contribution in [0.4, 0.5) is 0 Å². The van der Waals surface area contributed by atoms with Crippen molar-refractivity contribution in [2.45, 2.75) is 24.8 Å². The molecule has 2 rings (SSSR count). The first-order chi connectivity index (χ1) is 2.91. The zero-order valence-corrected chi connectivity index (χ0v) is 3.57. The van der Waals surface area contributed by atoms with Crippen LogP contribution in [0.2, 0.25) is 0 Å². The minimum Gasteiger partial charge on any atom is -0.0755 e. The first kappa shape index (κ1) is 2.63. The maximum Gasteiger partial charge on any atom is 0.298 e. The third-order valence-corrected chi connectivity index (χ3v) is 1.55. The van der Waals surface area contributed by atoms with Gasteiger partial charge in [0.25, 0.3) is 11.6 Å². The number of nitrogens with zero attached hydrogens (tertiary/aromatic N) is 1. The molecule has 0 N–H and O–H groups in total. The lowest BCUT2D eigenvalue weighted by Crippen LogP contribution is -2.05. The van der Waals surface area contributed by atoms with Gasteiger partial charge in [-0.2, -0.15) is 0 Å². The van der Waals surface area contributed by atoms with Gasteiger partial charge in [0.2, 0.25) is 0 Å². The standard InChI is InChI=1S/C5H6N/c1-2-5(1)3-4-6-5/h1-3H2/q+1. The van der Waals surface area contributed by atoms with E-state index in [-0.39, 0.29) is 0 Å². The van der Waals surface area contributed by atoms with Crippen molar-refractivity contribution in [2.24, 2.45) is 0 Å². The molecule has 0 aromatic heterocycles. The van der Waals surface area contributed by atoms with Crippen LogP contribution < -0.4 is 0 Å². The van der Waals surface area contributed by atoms with Crippen LogP contribution in [0.15, 0.2) is 0 Å². The fourth-order valence-corrected chi connectivity index (χ4v) is 0.736. The summed E-state index contributed by atoms with van der Waals surface area (Å²) in [4.78, 5) is 4.06. The Bertz CT molecular complexity index is 134. The zero-order valence-electron chi connectivity index (χ0n) is 3.57. The Morgan fingerprint density at radius 2 is 2.17 bits per heavy atom. The summed E-state index contributed by atoms with van der Waals surface area (Å²) in [6.45, 7) is 0. The van der Waals surface area contributed by atoms with E-state index in [1.807, 2.05) is 0 Å². The summed E-state index contributed by atoms with van der Waals surface area (Å²) < 4.78 is 0. The lowest BCUT2D eigenvalue weighted by Gasteiger charge is -1.88. The molecule has 0 aromatic rings. The monoisotopic (exact) mass is 80.0 g/mol. The van der Waals surface area contributed by atoms with Gasteiger partial charge in [0, 0.05) is 12.8 Å². The molecule has 2 aliphatic rings. The van der Waals surface area contributed by atoms with Crippen molar-refractivity contribution in [2.75, 3.05) is 0 Å². The van der Waals surface area contributed by atoms with Gasteiger partial charge in [-0.15, -0.1) is 0 Å². The first-order valence-corrected chi connectivity index (χ1v) is 2.36. The van der Waals surface area contributed by atoms with Crippen LogP contribution in [-0.4, -0.2) is 5.54 Å². The Morgan fingerprint density at radius 3 is 2.17 bits per heavy atom. The Hall–Kier alpha value is -0.510. The Labute approximate surface area is 36.8 Å². The van der Waals surface area contributed by atoms with Crippen LogP contribution in [0.1, 0.15) is 19.3 Å². The van der Waals surface area contributed by atoms with Crippen molar-refractivity contribution in [3.63, 3.8) is 0 Å². The highest BCUT2D eigenvalue weighted by Gasteiger charge is 2.60. The van der Waals surface area contributed by atoms with E-state index in [0.717, 1.165) is 6.42 Å². The van der Waals surface area contributed by atoms with Gasteiger partial charge in [-0.3, -0.25) is 0 Å². The summed E-state index contributed by atoms with van der Waals surface area (Å²) in [6.07, 6.45) is 3.81. The number of hydrogen-bond acceptors (Lipinski definition) is 0. The van der Waals surface area contributed by atoms with Crippen molar-refractivity contribution in [1.82, 2.24) is 0 Å². The van der Waals surface area contributed by atoms with Crippen molar-refractivity contribution in [3.8, 4) is 6.07 Å². The van der Waals surface area contributed by atoms with Gasteiger partial charge in [0.05, 0.1) is 0 Å². The summed E-state index contributed by atoms with van der Waals surface area (Å²) in [5.74, 6) is 0. The average Bonchev–Trinajstić information content (AvgIpc) is 2.02. The highest BCUT2D eigenvalue weighted by Crippen LogP contribution is 2.46. The maximum atomic E-state index is 4.06. The van der Waals surface area contributed by atoms with Gasteiger partial charge in [-0.25, -0.2) is 0 Å². The van der Waals surface area contributed by atoms with Crippen LogP contribution >= 0.6 is 0 Å². The molecule has 0 radical (unpaired) electrons. The third-order valence-electron chi connectivity index (χ3n) is 1.55. The quantitative estimate of drug-likeness (QED) is 0.412. The van der Waals surface area contributed by atoms with Crippen LogP contribution in [0.3, 0.4) is 0 Å². The molecule has 1 heterocycles. The van der Waals surface area contributed by atoms with E-state index in [4.69, 9.17) is 0 Å². The zero-order chi connectivity index (χ0) is 4.04. The van der Waals surface area contributed by atoms with E-state index in [1.54, 1.807) is 0 Å². The normalized spacial score (nSPS) is 30.7. The molecule has 0 unspecified atom stereocenters. The molecule has 1 heteroatoms. The van der Waals surface area contributed by atoms with Gasteiger partial charge < -0.3 is 0 Å². The fourth-order valence-electron chi connectivity index (χ4n) is 0.736. The van der Waals surface area contributed by atoms with Crippen molar-refractivity contribution >= 4 is 0 Å². The molecule has 1 aliphatic carbocycles. The molecule has 30 valence electrons. The van der Waals surface area contributed by atoms with Crippen molar-refractivity contribution < 1.29 is 0 Å². The summed E-state index contributed by atoms with van der Waals surface area (Å²) in [5.41, 5.74) is 0.486. The van der Waals surface area contributed by atoms with Crippen molar-refractivity contribution in [1.29, 1.82) is 0 Å². The molecule has 6 heavy (non-hydrogen) atoms. The van der Waals surface area contributed by atoms with E-state index in [9.17, 15) is 0 Å². The predicted octanol–water partition coefficient (Wildman–Crippen LogP) is 1.26. The molecule has 1 nitrogen and oxygen atoms in total. The van der Waals surface area contributed by atoms with Crippen LogP contribution in [0, 0.1) is 6.07 Å². The summed E-state index contributed by atoms with van der Waals surface area (Å²) in [6, 6.07) is 2.89. The van der Waals surface area contributed by atoms with E-state index in [2.05, 4.69) is 10.9 Å². The SMILES string of the molecule is C1#[N+]C2(C1)CC2. The summed E-state index contributed by atoms with van der Waals surface area (Å²) in [5, 5.41) is 0. The topological polar surface area (TPSA) is 4.36 Å². The van der Waals surface area contributed by atoms with E-state index in [0.29, 0.717) is 5.54 Å². The largest absolute Gasteiger partial charge is 0.298 e. The Balaban J connectivity index is 2.40. The lowest BCUT2D eigenvalue weighted by atomic mass is 10.1. The van der Waals surface area contributed by atoms with E-state index >= 15 is 0 Å². The molecule has 1 saturated carbocycles. The minimum absolute atomic E-state index is 0.486. The van der Waals surface area contributed by atoms with E-state index < -0.39 is 0 Å². The molecule has 0 saturated heterocycles. The Morgan fingerprint density at radius 1 is 1.50 bits per heavy atom. The highest BCUT2D eigenvalue weighted by molar-refractivity contribution is 5.27. The highest BCUT2D eigenvalue weighted by atomic mass is 14.9. The molecule has 0 atom stereocenters. The molecule has 0 amide bonds. The molecule has 0 bridgehead atoms. The van der Waals surface area contributed by atoms with Gasteiger partial charge in [0.1, 0.15) is 0 Å². The van der Waals surface area contributed by atoms with Crippen LogP contribution in [0.25, 0.3) is 4.85 Å². The van der Waals surface area contributed by atoms with E-state index in [1.165, 1.54) is 12.8 Å². The molecular weight excluding hydrogens is 74.1 g/mol. The van der Waals surface area contributed by atoms with Gasteiger partial charge in [-0.1, -0.05) is 4.85 Å². The van der Waals surface area contributed by atoms with Gasteiger partial charge >= 0.3 is 0 Å². The van der Waals surface area contributed by atoms with Crippen molar-refractivity contribution in [3.05, 3.63) is 4.85 Å². The summed E-state index contributed by atoms with van der Waals surface area (Å²) in [7, 11) is 0. The second kappa shape index (κ2) is 0.497. The van der Waals surface area contributed by atoms with Gasteiger partial charge in [-0.05, 0) is 0 Å². The number of hydrogen-bond donors (Lipinski definition) is 0. The fraction of sp³-hybridized carbons (Fsp3) is 0.800.